The Morgan fingerprint density at radius 2 is 1.46 bits per heavy atom. The standard InChI is InChI=1S/C20H30N2O4/c1-24-17-12-16(13-18(25-2)19(17)26-3)20(23)22-10-6-15(7-11-22)14-4-8-21-9-5-14/h12-15,21H,4-11H2,1-3H3. The lowest BCUT2D eigenvalue weighted by atomic mass is 9.79. The summed E-state index contributed by atoms with van der Waals surface area (Å²) >= 11 is 0. The largest absolute Gasteiger partial charge is 0.493 e. The van der Waals surface area contributed by atoms with E-state index in [0.29, 0.717) is 22.8 Å². The van der Waals surface area contributed by atoms with Crippen LogP contribution < -0.4 is 19.5 Å². The van der Waals surface area contributed by atoms with Crippen LogP contribution in [-0.2, 0) is 0 Å². The number of ether oxygens (including phenoxy) is 3. The second-order valence-electron chi connectivity index (χ2n) is 7.13. The molecule has 144 valence electrons. The molecule has 6 nitrogen and oxygen atoms in total. The van der Waals surface area contributed by atoms with Crippen molar-refractivity contribution in [1.82, 2.24) is 10.2 Å². The molecule has 2 fully saturated rings. The van der Waals surface area contributed by atoms with E-state index < -0.39 is 0 Å². The van der Waals surface area contributed by atoms with Crippen molar-refractivity contribution in [2.75, 3.05) is 47.5 Å². The van der Waals surface area contributed by atoms with E-state index in [1.807, 2.05) is 4.90 Å². The number of piperidine rings is 2. The van der Waals surface area contributed by atoms with Gasteiger partial charge in [-0.1, -0.05) is 0 Å². The van der Waals surface area contributed by atoms with Crippen LogP contribution >= 0.6 is 0 Å². The number of amides is 1. The molecular formula is C20H30N2O4. The number of rotatable bonds is 5. The zero-order valence-electron chi connectivity index (χ0n) is 16.0. The van der Waals surface area contributed by atoms with Gasteiger partial charge in [0, 0.05) is 18.7 Å². The first-order valence-corrected chi connectivity index (χ1v) is 9.48. The van der Waals surface area contributed by atoms with Crippen LogP contribution in [-0.4, -0.2) is 58.3 Å². The lowest BCUT2D eigenvalue weighted by Crippen LogP contribution is -2.42. The fourth-order valence-corrected chi connectivity index (χ4v) is 4.28. The van der Waals surface area contributed by atoms with Gasteiger partial charge in [0.1, 0.15) is 0 Å². The molecule has 2 saturated heterocycles. The topological polar surface area (TPSA) is 60.0 Å². The highest BCUT2D eigenvalue weighted by Gasteiger charge is 2.30. The Balaban J connectivity index is 1.68. The maximum absolute atomic E-state index is 13.0. The molecule has 26 heavy (non-hydrogen) atoms. The SMILES string of the molecule is COc1cc(C(=O)N2CCC(C3CCNCC3)CC2)cc(OC)c1OC. The molecule has 2 aliphatic rings. The van der Waals surface area contributed by atoms with Crippen molar-refractivity contribution in [3.05, 3.63) is 17.7 Å². The Labute approximate surface area is 155 Å². The summed E-state index contributed by atoms with van der Waals surface area (Å²) in [7, 11) is 4.69. The van der Waals surface area contributed by atoms with Crippen LogP contribution in [0.2, 0.25) is 0 Å². The molecule has 0 spiro atoms. The maximum atomic E-state index is 13.0. The Morgan fingerprint density at radius 3 is 1.96 bits per heavy atom. The smallest absolute Gasteiger partial charge is 0.254 e. The maximum Gasteiger partial charge on any atom is 0.254 e. The first-order chi connectivity index (χ1) is 12.7. The molecule has 0 saturated carbocycles. The third-order valence-corrected chi connectivity index (χ3v) is 5.79. The van der Waals surface area contributed by atoms with Crippen molar-refractivity contribution >= 4 is 5.91 Å². The van der Waals surface area contributed by atoms with Gasteiger partial charge in [0.25, 0.3) is 5.91 Å². The van der Waals surface area contributed by atoms with E-state index in [9.17, 15) is 4.79 Å². The molecule has 0 bridgehead atoms. The average Bonchev–Trinajstić information content (AvgIpc) is 2.72. The predicted octanol–water partition coefficient (Wildman–Crippen LogP) is 2.56. The van der Waals surface area contributed by atoms with Gasteiger partial charge in [-0.05, 0) is 62.7 Å². The van der Waals surface area contributed by atoms with Crippen molar-refractivity contribution < 1.29 is 19.0 Å². The number of carbonyl (C=O) groups excluding carboxylic acids is 1. The van der Waals surface area contributed by atoms with Crippen LogP contribution in [0.25, 0.3) is 0 Å². The summed E-state index contributed by atoms with van der Waals surface area (Å²) in [5, 5.41) is 3.43. The molecule has 0 radical (unpaired) electrons. The van der Waals surface area contributed by atoms with Gasteiger partial charge < -0.3 is 24.4 Å². The van der Waals surface area contributed by atoms with E-state index in [0.717, 1.165) is 50.9 Å². The molecule has 0 unspecified atom stereocenters. The van der Waals surface area contributed by atoms with Crippen LogP contribution in [0, 0.1) is 11.8 Å². The van der Waals surface area contributed by atoms with Gasteiger partial charge >= 0.3 is 0 Å². The Bertz CT molecular complexity index is 595. The fraction of sp³-hybridized carbons (Fsp3) is 0.650. The molecule has 3 rings (SSSR count). The first-order valence-electron chi connectivity index (χ1n) is 9.48. The minimum atomic E-state index is 0.0352. The van der Waals surface area contributed by atoms with E-state index >= 15 is 0 Å². The quantitative estimate of drug-likeness (QED) is 0.872. The lowest BCUT2D eigenvalue weighted by Gasteiger charge is -2.37. The molecule has 2 aliphatic heterocycles. The second-order valence-corrected chi connectivity index (χ2v) is 7.13. The summed E-state index contributed by atoms with van der Waals surface area (Å²) in [6, 6.07) is 3.48. The summed E-state index contributed by atoms with van der Waals surface area (Å²) in [5.41, 5.74) is 0.583. The third-order valence-electron chi connectivity index (χ3n) is 5.79. The van der Waals surface area contributed by atoms with Crippen LogP contribution in [0.1, 0.15) is 36.0 Å². The van der Waals surface area contributed by atoms with Crippen molar-refractivity contribution in [1.29, 1.82) is 0 Å². The lowest BCUT2D eigenvalue weighted by molar-refractivity contribution is 0.0641. The third kappa shape index (κ3) is 3.90. The number of methoxy groups -OCH3 is 3. The fourth-order valence-electron chi connectivity index (χ4n) is 4.28. The van der Waals surface area contributed by atoms with Crippen LogP contribution in [0.15, 0.2) is 12.1 Å². The molecule has 1 aromatic carbocycles. The Hall–Kier alpha value is -1.95. The monoisotopic (exact) mass is 362 g/mol. The zero-order valence-corrected chi connectivity index (χ0v) is 16.0. The number of hydrogen-bond donors (Lipinski definition) is 1. The van der Waals surface area contributed by atoms with Crippen LogP contribution in [0.3, 0.4) is 0 Å². The van der Waals surface area contributed by atoms with Crippen LogP contribution in [0.4, 0.5) is 0 Å². The zero-order chi connectivity index (χ0) is 18.5. The Kier molecular flexibility index (Phi) is 6.25. The molecule has 1 N–H and O–H groups in total. The molecule has 6 heteroatoms. The summed E-state index contributed by atoms with van der Waals surface area (Å²) in [6.45, 7) is 3.92. The summed E-state index contributed by atoms with van der Waals surface area (Å²) in [4.78, 5) is 14.9. The number of likely N-dealkylation sites (tertiary alicyclic amines) is 1. The molecule has 0 atom stereocenters. The highest BCUT2D eigenvalue weighted by Crippen LogP contribution is 2.39. The van der Waals surface area contributed by atoms with Crippen molar-refractivity contribution in [3.63, 3.8) is 0 Å². The van der Waals surface area contributed by atoms with E-state index in [-0.39, 0.29) is 5.91 Å². The molecule has 1 amide bonds. The second kappa shape index (κ2) is 8.62. The van der Waals surface area contributed by atoms with Gasteiger partial charge in [-0.3, -0.25) is 4.79 Å². The minimum Gasteiger partial charge on any atom is -0.493 e. The Morgan fingerprint density at radius 1 is 0.923 bits per heavy atom. The summed E-state index contributed by atoms with van der Waals surface area (Å²) in [6.07, 6.45) is 4.73. The van der Waals surface area contributed by atoms with Gasteiger partial charge in [0.05, 0.1) is 21.3 Å². The van der Waals surface area contributed by atoms with Gasteiger partial charge in [0.2, 0.25) is 5.75 Å². The van der Waals surface area contributed by atoms with E-state index in [4.69, 9.17) is 14.2 Å². The average molecular weight is 362 g/mol. The minimum absolute atomic E-state index is 0.0352. The van der Waals surface area contributed by atoms with E-state index in [1.54, 1.807) is 33.5 Å². The number of hydrogen-bond acceptors (Lipinski definition) is 5. The van der Waals surface area contributed by atoms with E-state index in [2.05, 4.69) is 5.32 Å². The van der Waals surface area contributed by atoms with Crippen molar-refractivity contribution in [2.45, 2.75) is 25.7 Å². The highest BCUT2D eigenvalue weighted by atomic mass is 16.5. The van der Waals surface area contributed by atoms with Crippen LogP contribution in [0.5, 0.6) is 17.2 Å². The number of benzene rings is 1. The number of carbonyl (C=O) groups is 1. The van der Waals surface area contributed by atoms with E-state index in [1.165, 1.54) is 12.8 Å². The summed E-state index contributed by atoms with van der Waals surface area (Å²) < 4.78 is 16.1. The molecule has 2 heterocycles. The molecular weight excluding hydrogens is 332 g/mol. The van der Waals surface area contributed by atoms with Gasteiger partial charge in [-0.25, -0.2) is 0 Å². The number of nitrogens with one attached hydrogen (secondary N) is 1. The van der Waals surface area contributed by atoms with Gasteiger partial charge in [-0.15, -0.1) is 0 Å². The molecule has 0 aliphatic carbocycles. The number of nitrogens with zero attached hydrogens (tertiary/aromatic N) is 1. The predicted molar refractivity (Wildman–Crippen MR) is 100 cm³/mol. The van der Waals surface area contributed by atoms with Gasteiger partial charge in [0.15, 0.2) is 11.5 Å². The summed E-state index contributed by atoms with van der Waals surface area (Å²) in [5.74, 6) is 3.14. The molecule has 1 aromatic rings. The highest BCUT2D eigenvalue weighted by molar-refractivity contribution is 5.95. The van der Waals surface area contributed by atoms with Gasteiger partial charge in [-0.2, -0.15) is 0 Å². The normalized spacial score (nSPS) is 19.3. The first kappa shape index (κ1) is 18.8. The van der Waals surface area contributed by atoms with Crippen molar-refractivity contribution in [2.24, 2.45) is 11.8 Å². The van der Waals surface area contributed by atoms with Crippen molar-refractivity contribution in [3.8, 4) is 17.2 Å². The molecule has 0 aromatic heterocycles.